The van der Waals surface area contributed by atoms with E-state index in [9.17, 15) is 14.0 Å². The van der Waals surface area contributed by atoms with Crippen LogP contribution in [0.1, 0.15) is 30.7 Å². The van der Waals surface area contributed by atoms with Crippen LogP contribution in [0.15, 0.2) is 53.3 Å². The van der Waals surface area contributed by atoms with E-state index in [1.807, 2.05) is 6.07 Å². The third-order valence-electron chi connectivity index (χ3n) is 5.34. The number of halogens is 1. The van der Waals surface area contributed by atoms with Crippen LogP contribution in [-0.2, 0) is 22.5 Å². The van der Waals surface area contributed by atoms with Gasteiger partial charge in [-0.1, -0.05) is 24.3 Å². The standard InChI is InChI=1S/C23H24FN3O3/c24-17-10-7-16(8-11-17)9-12-22(28)27(14-18-4-3-13-30-18)15-21-25-20-6-2-1-5-19(20)23(29)26-21/h1-2,5-8,10-11,18H,3-4,9,12-15H2,(H,25,26,29). The summed E-state index contributed by atoms with van der Waals surface area (Å²) in [5.74, 6) is 0.105. The summed E-state index contributed by atoms with van der Waals surface area (Å²) in [6, 6.07) is 13.3. The first-order chi connectivity index (χ1) is 14.6. The van der Waals surface area contributed by atoms with Gasteiger partial charge in [0.05, 0.1) is 23.6 Å². The Balaban J connectivity index is 1.50. The highest BCUT2D eigenvalue weighted by atomic mass is 19.1. The van der Waals surface area contributed by atoms with Gasteiger partial charge in [-0.25, -0.2) is 9.37 Å². The summed E-state index contributed by atoms with van der Waals surface area (Å²) >= 11 is 0. The lowest BCUT2D eigenvalue weighted by molar-refractivity contribution is -0.133. The maximum Gasteiger partial charge on any atom is 0.258 e. The van der Waals surface area contributed by atoms with Crippen LogP contribution in [-0.4, -0.2) is 40.0 Å². The molecule has 2 heterocycles. The molecule has 1 N–H and O–H groups in total. The quantitative estimate of drug-likeness (QED) is 0.650. The van der Waals surface area contributed by atoms with E-state index in [1.165, 1.54) is 12.1 Å². The van der Waals surface area contributed by atoms with E-state index in [4.69, 9.17) is 4.74 Å². The van der Waals surface area contributed by atoms with Gasteiger partial charge < -0.3 is 14.6 Å². The van der Waals surface area contributed by atoms with Gasteiger partial charge in [0.15, 0.2) is 0 Å². The Hall–Kier alpha value is -3.06. The van der Waals surface area contributed by atoms with E-state index >= 15 is 0 Å². The summed E-state index contributed by atoms with van der Waals surface area (Å²) < 4.78 is 18.8. The Kier molecular flexibility index (Phi) is 6.18. The minimum absolute atomic E-state index is 0.00745. The maximum atomic E-state index is 13.1. The number of carbonyl (C=O) groups is 1. The van der Waals surface area contributed by atoms with Crippen molar-refractivity contribution in [2.75, 3.05) is 13.2 Å². The fourth-order valence-electron chi connectivity index (χ4n) is 3.74. The third-order valence-corrected chi connectivity index (χ3v) is 5.34. The number of aromatic amines is 1. The molecule has 7 heteroatoms. The topological polar surface area (TPSA) is 75.3 Å². The van der Waals surface area contributed by atoms with Gasteiger partial charge in [-0.05, 0) is 49.1 Å². The number of rotatable bonds is 7. The zero-order valence-corrected chi connectivity index (χ0v) is 16.6. The van der Waals surface area contributed by atoms with Crippen LogP contribution in [0, 0.1) is 5.82 Å². The predicted octanol–water partition coefficient (Wildman–Crippen LogP) is 3.20. The highest BCUT2D eigenvalue weighted by Crippen LogP contribution is 2.16. The number of hydrogen-bond acceptors (Lipinski definition) is 4. The van der Waals surface area contributed by atoms with Gasteiger partial charge in [0.2, 0.25) is 5.91 Å². The van der Waals surface area contributed by atoms with Crippen molar-refractivity contribution >= 4 is 16.8 Å². The zero-order valence-electron chi connectivity index (χ0n) is 16.6. The molecule has 1 fully saturated rings. The molecule has 1 saturated heterocycles. The van der Waals surface area contributed by atoms with Gasteiger partial charge >= 0.3 is 0 Å². The molecule has 156 valence electrons. The van der Waals surface area contributed by atoms with Crippen molar-refractivity contribution in [3.63, 3.8) is 0 Å². The highest BCUT2D eigenvalue weighted by molar-refractivity contribution is 5.78. The Bertz CT molecular complexity index is 1070. The highest BCUT2D eigenvalue weighted by Gasteiger charge is 2.23. The third kappa shape index (κ3) is 4.91. The summed E-state index contributed by atoms with van der Waals surface area (Å²) in [5, 5.41) is 0.523. The van der Waals surface area contributed by atoms with E-state index in [2.05, 4.69) is 9.97 Å². The Morgan fingerprint density at radius 1 is 1.20 bits per heavy atom. The van der Waals surface area contributed by atoms with Crippen molar-refractivity contribution in [3.05, 3.63) is 76.1 Å². The van der Waals surface area contributed by atoms with Crippen LogP contribution in [0.4, 0.5) is 4.39 Å². The van der Waals surface area contributed by atoms with Crippen molar-refractivity contribution in [1.82, 2.24) is 14.9 Å². The van der Waals surface area contributed by atoms with Gasteiger partial charge in [-0.2, -0.15) is 0 Å². The van der Waals surface area contributed by atoms with Crippen LogP contribution >= 0.6 is 0 Å². The minimum Gasteiger partial charge on any atom is -0.376 e. The van der Waals surface area contributed by atoms with Crippen LogP contribution in [0.25, 0.3) is 10.9 Å². The first-order valence-electron chi connectivity index (χ1n) is 10.2. The first kappa shape index (κ1) is 20.2. The van der Waals surface area contributed by atoms with Crippen molar-refractivity contribution in [2.45, 2.75) is 38.3 Å². The summed E-state index contributed by atoms with van der Waals surface area (Å²) in [6.07, 6.45) is 2.68. The lowest BCUT2D eigenvalue weighted by Crippen LogP contribution is -2.38. The molecule has 1 aliphatic heterocycles. The molecule has 4 rings (SSSR count). The molecule has 30 heavy (non-hydrogen) atoms. The molecule has 1 amide bonds. The van der Waals surface area contributed by atoms with Crippen LogP contribution in [0.5, 0.6) is 0 Å². The maximum absolute atomic E-state index is 13.1. The number of fused-ring (bicyclic) bond motifs is 1. The number of benzene rings is 2. The smallest absolute Gasteiger partial charge is 0.258 e. The van der Waals surface area contributed by atoms with E-state index in [0.717, 1.165) is 18.4 Å². The lowest BCUT2D eigenvalue weighted by atomic mass is 10.1. The fraction of sp³-hybridized carbons (Fsp3) is 0.348. The fourth-order valence-corrected chi connectivity index (χ4v) is 3.74. The van der Waals surface area contributed by atoms with Gasteiger partial charge in [0.25, 0.3) is 5.56 Å². The number of amides is 1. The van der Waals surface area contributed by atoms with Crippen LogP contribution in [0.3, 0.4) is 0 Å². The molecule has 6 nitrogen and oxygen atoms in total. The SMILES string of the molecule is O=C(CCc1ccc(F)cc1)N(Cc1nc2ccccc2c(=O)[nH]1)CC1CCCO1. The summed E-state index contributed by atoms with van der Waals surface area (Å²) in [4.78, 5) is 34.4. The second kappa shape index (κ2) is 9.17. The molecule has 0 bridgehead atoms. The lowest BCUT2D eigenvalue weighted by Gasteiger charge is -2.25. The molecule has 1 aromatic heterocycles. The van der Waals surface area contributed by atoms with Gasteiger partial charge in [0, 0.05) is 19.6 Å². The van der Waals surface area contributed by atoms with Crippen molar-refractivity contribution in [1.29, 1.82) is 0 Å². The molecule has 1 aliphatic rings. The van der Waals surface area contributed by atoms with Crippen LogP contribution < -0.4 is 5.56 Å². The van der Waals surface area contributed by atoms with Crippen molar-refractivity contribution in [2.24, 2.45) is 0 Å². The van der Waals surface area contributed by atoms with E-state index in [1.54, 1.807) is 35.2 Å². The van der Waals surface area contributed by atoms with Gasteiger partial charge in [-0.3, -0.25) is 9.59 Å². The van der Waals surface area contributed by atoms with E-state index in [0.29, 0.717) is 36.3 Å². The van der Waals surface area contributed by atoms with E-state index < -0.39 is 0 Å². The molecular formula is C23H24FN3O3. The number of carbonyl (C=O) groups excluding carboxylic acids is 1. The number of nitrogens with one attached hydrogen (secondary N) is 1. The van der Waals surface area contributed by atoms with E-state index in [-0.39, 0.29) is 36.4 Å². The average Bonchev–Trinajstić information content (AvgIpc) is 3.26. The predicted molar refractivity (Wildman–Crippen MR) is 111 cm³/mol. The largest absolute Gasteiger partial charge is 0.376 e. The number of nitrogens with zero attached hydrogens (tertiary/aromatic N) is 2. The molecule has 2 aromatic carbocycles. The number of hydrogen-bond donors (Lipinski definition) is 1. The number of para-hydroxylation sites is 1. The molecule has 0 spiro atoms. The Morgan fingerprint density at radius 3 is 2.77 bits per heavy atom. The molecule has 1 atom stereocenters. The molecule has 3 aromatic rings. The second-order valence-corrected chi connectivity index (χ2v) is 7.57. The monoisotopic (exact) mass is 409 g/mol. The van der Waals surface area contributed by atoms with Gasteiger partial charge in [-0.15, -0.1) is 0 Å². The Labute approximate surface area is 173 Å². The van der Waals surface area contributed by atoms with Crippen molar-refractivity contribution < 1.29 is 13.9 Å². The molecule has 0 radical (unpaired) electrons. The number of aromatic nitrogens is 2. The summed E-state index contributed by atoms with van der Waals surface area (Å²) in [6.45, 7) is 1.37. The number of aryl methyl sites for hydroxylation is 1. The molecule has 0 aliphatic carbocycles. The summed E-state index contributed by atoms with van der Waals surface area (Å²) in [5.41, 5.74) is 1.29. The molecule has 1 unspecified atom stereocenters. The van der Waals surface area contributed by atoms with Crippen LogP contribution in [0.2, 0.25) is 0 Å². The molecule has 0 saturated carbocycles. The van der Waals surface area contributed by atoms with Gasteiger partial charge in [0.1, 0.15) is 11.6 Å². The second-order valence-electron chi connectivity index (χ2n) is 7.57. The van der Waals surface area contributed by atoms with Crippen molar-refractivity contribution in [3.8, 4) is 0 Å². The number of ether oxygens (including phenoxy) is 1. The summed E-state index contributed by atoms with van der Waals surface area (Å²) in [7, 11) is 0. The number of H-pyrrole nitrogens is 1. The molecular weight excluding hydrogens is 385 g/mol. The minimum atomic E-state index is -0.295. The first-order valence-corrected chi connectivity index (χ1v) is 10.2. The zero-order chi connectivity index (χ0) is 20.9. The normalized spacial score (nSPS) is 16.1. The Morgan fingerprint density at radius 2 is 2.00 bits per heavy atom. The average molecular weight is 409 g/mol.